The maximum atomic E-state index is 13.0. The molecule has 2 aliphatic rings. The largest absolute Gasteiger partial charge is 0.373 e. The highest BCUT2D eigenvalue weighted by atomic mass is 32.1. The summed E-state index contributed by atoms with van der Waals surface area (Å²) in [6.07, 6.45) is 7.10. The van der Waals surface area contributed by atoms with Crippen molar-refractivity contribution in [1.82, 2.24) is 9.88 Å². The van der Waals surface area contributed by atoms with Crippen LogP contribution in [0.5, 0.6) is 0 Å². The summed E-state index contributed by atoms with van der Waals surface area (Å²) < 4.78 is 5.75. The summed E-state index contributed by atoms with van der Waals surface area (Å²) in [6.45, 7) is 6.33. The van der Waals surface area contributed by atoms with E-state index in [0.29, 0.717) is 0 Å². The van der Waals surface area contributed by atoms with Gasteiger partial charge in [0.1, 0.15) is 0 Å². The minimum absolute atomic E-state index is 0.160. The summed E-state index contributed by atoms with van der Waals surface area (Å²) in [4.78, 5) is 23.5. The Morgan fingerprint density at radius 2 is 2.12 bits per heavy atom. The molecule has 138 valence electrons. The van der Waals surface area contributed by atoms with Crippen LogP contribution in [0.25, 0.3) is 0 Å². The molecule has 0 radical (unpaired) electrons. The molecule has 0 saturated carbocycles. The zero-order chi connectivity index (χ0) is 17.9. The Hall–Kier alpha value is -1.92. The summed E-state index contributed by atoms with van der Waals surface area (Å²) in [5.74, 6) is 0.160. The molecule has 0 bridgehead atoms. The van der Waals surface area contributed by atoms with E-state index in [1.54, 1.807) is 11.3 Å². The number of ether oxygens (including phenoxy) is 1. The molecule has 2 aromatic rings. The van der Waals surface area contributed by atoms with Crippen LogP contribution in [0.2, 0.25) is 0 Å². The molecular formula is C20H25N3O2S. The van der Waals surface area contributed by atoms with Crippen LogP contribution in [0, 0.1) is 6.92 Å². The van der Waals surface area contributed by atoms with Gasteiger partial charge in [0, 0.05) is 55.7 Å². The number of pyridine rings is 1. The average Bonchev–Trinajstić information content (AvgIpc) is 3.29. The number of thiophene rings is 1. The zero-order valence-corrected chi connectivity index (χ0v) is 16.0. The number of carbonyl (C=O) groups excluding carboxylic acids is 1. The molecule has 4 heterocycles. The van der Waals surface area contributed by atoms with E-state index >= 15 is 0 Å². The average molecular weight is 372 g/mol. The molecule has 0 spiro atoms. The number of anilines is 1. The van der Waals surface area contributed by atoms with Crippen LogP contribution in [0.4, 0.5) is 5.69 Å². The molecule has 5 nitrogen and oxygen atoms in total. The van der Waals surface area contributed by atoms with Crippen LogP contribution in [-0.4, -0.2) is 48.6 Å². The lowest BCUT2D eigenvalue weighted by molar-refractivity contribution is 0.0772. The highest BCUT2D eigenvalue weighted by Crippen LogP contribution is 2.33. The Kier molecular flexibility index (Phi) is 5.22. The molecule has 0 aliphatic carbocycles. The number of nitrogens with zero attached hydrogens (tertiary/aromatic N) is 3. The van der Waals surface area contributed by atoms with Gasteiger partial charge in [-0.05, 0) is 49.9 Å². The SMILES string of the molecule is Cc1cnccc1N1CCCN(C(=O)c2ccc([C@@H]3CCCO3)s2)CC1. The Bertz CT molecular complexity index is 770. The molecular weight excluding hydrogens is 346 g/mol. The molecule has 0 aromatic carbocycles. The van der Waals surface area contributed by atoms with Gasteiger partial charge in [-0.15, -0.1) is 11.3 Å². The minimum atomic E-state index is 0.160. The van der Waals surface area contributed by atoms with Gasteiger partial charge in [0.2, 0.25) is 0 Å². The first kappa shape index (κ1) is 17.5. The van der Waals surface area contributed by atoms with Crippen molar-refractivity contribution < 1.29 is 9.53 Å². The number of aryl methyl sites for hydroxylation is 1. The predicted octanol–water partition coefficient (Wildman–Crippen LogP) is 3.66. The monoisotopic (exact) mass is 371 g/mol. The number of aromatic nitrogens is 1. The van der Waals surface area contributed by atoms with E-state index < -0.39 is 0 Å². The maximum absolute atomic E-state index is 13.0. The number of hydrogen-bond acceptors (Lipinski definition) is 5. The minimum Gasteiger partial charge on any atom is -0.373 e. The van der Waals surface area contributed by atoms with Crippen molar-refractivity contribution in [3.63, 3.8) is 0 Å². The molecule has 26 heavy (non-hydrogen) atoms. The topological polar surface area (TPSA) is 45.7 Å². The fourth-order valence-electron chi connectivity index (χ4n) is 3.78. The van der Waals surface area contributed by atoms with E-state index in [9.17, 15) is 4.79 Å². The van der Waals surface area contributed by atoms with Crippen molar-refractivity contribution in [2.45, 2.75) is 32.3 Å². The first-order valence-electron chi connectivity index (χ1n) is 9.38. The first-order valence-corrected chi connectivity index (χ1v) is 10.2. The fourth-order valence-corrected chi connectivity index (χ4v) is 4.84. The van der Waals surface area contributed by atoms with Crippen molar-refractivity contribution in [2.24, 2.45) is 0 Å². The van der Waals surface area contributed by atoms with Crippen LogP contribution >= 0.6 is 11.3 Å². The highest BCUT2D eigenvalue weighted by molar-refractivity contribution is 7.14. The molecule has 4 rings (SSSR count). The molecule has 2 fully saturated rings. The third-order valence-corrected chi connectivity index (χ3v) is 6.36. The maximum Gasteiger partial charge on any atom is 0.263 e. The Morgan fingerprint density at radius 3 is 2.92 bits per heavy atom. The normalized spacial score (nSPS) is 21.0. The van der Waals surface area contributed by atoms with Crippen LogP contribution < -0.4 is 4.90 Å². The van der Waals surface area contributed by atoms with E-state index in [2.05, 4.69) is 28.9 Å². The van der Waals surface area contributed by atoms with Crippen molar-refractivity contribution >= 4 is 22.9 Å². The van der Waals surface area contributed by atoms with Crippen LogP contribution in [0.15, 0.2) is 30.6 Å². The van der Waals surface area contributed by atoms with E-state index in [0.717, 1.165) is 56.9 Å². The standard InChI is InChI=1S/C20H25N3O2S/c1-15-14-21-8-7-16(15)22-9-3-10-23(12-11-22)20(24)19-6-5-18(26-19)17-4-2-13-25-17/h5-8,14,17H,2-4,9-13H2,1H3/t17-/m0/s1. The van der Waals surface area contributed by atoms with Crippen molar-refractivity contribution in [1.29, 1.82) is 0 Å². The second-order valence-electron chi connectivity index (χ2n) is 7.00. The Labute approximate surface area is 158 Å². The first-order chi connectivity index (χ1) is 12.7. The lowest BCUT2D eigenvalue weighted by Gasteiger charge is -2.24. The summed E-state index contributed by atoms with van der Waals surface area (Å²) >= 11 is 1.60. The van der Waals surface area contributed by atoms with Crippen LogP contribution in [-0.2, 0) is 4.74 Å². The van der Waals surface area contributed by atoms with Crippen LogP contribution in [0.1, 0.15) is 45.5 Å². The second kappa shape index (κ2) is 7.76. The van der Waals surface area contributed by atoms with E-state index in [-0.39, 0.29) is 12.0 Å². The lowest BCUT2D eigenvalue weighted by atomic mass is 10.2. The fraction of sp³-hybridized carbons (Fsp3) is 0.500. The molecule has 2 aliphatic heterocycles. The molecule has 0 unspecified atom stereocenters. The second-order valence-corrected chi connectivity index (χ2v) is 8.11. The summed E-state index contributed by atoms with van der Waals surface area (Å²) in [5.41, 5.74) is 2.41. The Morgan fingerprint density at radius 1 is 1.19 bits per heavy atom. The van der Waals surface area contributed by atoms with E-state index in [1.807, 2.05) is 23.4 Å². The molecule has 1 atom stereocenters. The summed E-state index contributed by atoms with van der Waals surface area (Å²) in [5, 5.41) is 0. The number of hydrogen-bond donors (Lipinski definition) is 0. The summed E-state index contributed by atoms with van der Waals surface area (Å²) in [6, 6.07) is 6.11. The number of amides is 1. The highest BCUT2D eigenvalue weighted by Gasteiger charge is 2.25. The molecule has 0 N–H and O–H groups in total. The molecule has 1 amide bonds. The van der Waals surface area contributed by atoms with Gasteiger partial charge in [-0.2, -0.15) is 0 Å². The van der Waals surface area contributed by atoms with Gasteiger partial charge >= 0.3 is 0 Å². The molecule has 2 aromatic heterocycles. The summed E-state index contributed by atoms with van der Waals surface area (Å²) in [7, 11) is 0. The van der Waals surface area contributed by atoms with Gasteiger partial charge in [-0.3, -0.25) is 9.78 Å². The van der Waals surface area contributed by atoms with Gasteiger partial charge < -0.3 is 14.5 Å². The van der Waals surface area contributed by atoms with Gasteiger partial charge in [-0.25, -0.2) is 0 Å². The van der Waals surface area contributed by atoms with Gasteiger partial charge in [0.15, 0.2) is 0 Å². The van der Waals surface area contributed by atoms with Gasteiger partial charge in [0.05, 0.1) is 11.0 Å². The zero-order valence-electron chi connectivity index (χ0n) is 15.2. The lowest BCUT2D eigenvalue weighted by Crippen LogP contribution is -2.35. The number of rotatable bonds is 3. The number of carbonyl (C=O) groups is 1. The molecule has 6 heteroatoms. The molecule has 2 saturated heterocycles. The van der Waals surface area contributed by atoms with Crippen LogP contribution in [0.3, 0.4) is 0 Å². The van der Waals surface area contributed by atoms with Crippen molar-refractivity contribution in [3.8, 4) is 0 Å². The Balaban J connectivity index is 1.42. The van der Waals surface area contributed by atoms with Gasteiger partial charge in [0.25, 0.3) is 5.91 Å². The van der Waals surface area contributed by atoms with Crippen molar-refractivity contribution in [2.75, 3.05) is 37.7 Å². The van der Waals surface area contributed by atoms with Crippen molar-refractivity contribution in [3.05, 3.63) is 45.9 Å². The smallest absolute Gasteiger partial charge is 0.263 e. The quantitative estimate of drug-likeness (QED) is 0.826. The third kappa shape index (κ3) is 3.62. The predicted molar refractivity (Wildman–Crippen MR) is 104 cm³/mol. The van der Waals surface area contributed by atoms with E-state index in [1.165, 1.54) is 16.1 Å². The van der Waals surface area contributed by atoms with Gasteiger partial charge in [-0.1, -0.05) is 0 Å². The van der Waals surface area contributed by atoms with E-state index in [4.69, 9.17) is 4.74 Å². The third-order valence-electron chi connectivity index (χ3n) is 5.20.